The summed E-state index contributed by atoms with van der Waals surface area (Å²) in [6, 6.07) is 13.8. The minimum absolute atomic E-state index is 0.0560. The molecule has 0 spiro atoms. The first-order valence-electron chi connectivity index (χ1n) is 7.75. The fourth-order valence-electron chi connectivity index (χ4n) is 2.17. The van der Waals surface area contributed by atoms with Crippen LogP contribution in [0.3, 0.4) is 0 Å². The number of carbonyl (C=O) groups is 1. The van der Waals surface area contributed by atoms with E-state index in [1.165, 1.54) is 0 Å². The Kier molecular flexibility index (Phi) is 6.56. The quantitative estimate of drug-likeness (QED) is 0.854. The largest absolute Gasteiger partial charge is 0.334 e. The normalized spacial score (nSPS) is 10.6. The van der Waals surface area contributed by atoms with Crippen molar-refractivity contribution >= 4 is 6.03 Å². The van der Waals surface area contributed by atoms with Gasteiger partial charge in [0.1, 0.15) is 0 Å². The van der Waals surface area contributed by atoms with Gasteiger partial charge in [0.2, 0.25) is 0 Å². The Balaban J connectivity index is 1.95. The van der Waals surface area contributed by atoms with E-state index >= 15 is 0 Å². The summed E-state index contributed by atoms with van der Waals surface area (Å²) >= 11 is 0. The molecule has 0 bridgehead atoms. The van der Waals surface area contributed by atoms with Crippen LogP contribution in [-0.4, -0.2) is 48.0 Å². The number of hydrogen-bond acceptors (Lipinski definition) is 3. The molecule has 0 unspecified atom stereocenters. The van der Waals surface area contributed by atoms with E-state index in [4.69, 9.17) is 0 Å². The van der Waals surface area contributed by atoms with Gasteiger partial charge in [0.25, 0.3) is 0 Å². The van der Waals surface area contributed by atoms with Gasteiger partial charge in [-0.15, -0.1) is 0 Å². The summed E-state index contributed by atoms with van der Waals surface area (Å²) in [5.74, 6) is 0. The summed E-state index contributed by atoms with van der Waals surface area (Å²) in [4.78, 5) is 20.5. The van der Waals surface area contributed by atoms with E-state index in [0.717, 1.165) is 17.7 Å². The van der Waals surface area contributed by atoms with Gasteiger partial charge in [0.05, 0.1) is 0 Å². The second-order valence-corrected chi connectivity index (χ2v) is 5.73. The number of nitrogens with one attached hydrogen (secondary N) is 1. The maximum absolute atomic E-state index is 12.5. The molecule has 0 radical (unpaired) electrons. The van der Waals surface area contributed by atoms with Crippen LogP contribution in [0.25, 0.3) is 0 Å². The Morgan fingerprint density at radius 2 is 1.78 bits per heavy atom. The van der Waals surface area contributed by atoms with Crippen LogP contribution in [-0.2, 0) is 13.1 Å². The Morgan fingerprint density at radius 3 is 2.43 bits per heavy atom. The van der Waals surface area contributed by atoms with Gasteiger partial charge in [-0.2, -0.15) is 0 Å². The smallest absolute Gasteiger partial charge is 0.318 e. The Labute approximate surface area is 137 Å². The molecule has 122 valence electrons. The van der Waals surface area contributed by atoms with E-state index in [0.29, 0.717) is 19.6 Å². The first-order valence-corrected chi connectivity index (χ1v) is 7.75. The number of benzene rings is 1. The summed E-state index contributed by atoms with van der Waals surface area (Å²) in [5, 5.41) is 2.97. The van der Waals surface area contributed by atoms with Gasteiger partial charge in [-0.1, -0.05) is 36.4 Å². The lowest BCUT2D eigenvalue weighted by molar-refractivity contribution is 0.188. The summed E-state index contributed by atoms with van der Waals surface area (Å²) in [6.07, 6.45) is 3.49. The van der Waals surface area contributed by atoms with Gasteiger partial charge >= 0.3 is 6.03 Å². The fraction of sp³-hybridized carbons (Fsp3) is 0.333. The van der Waals surface area contributed by atoms with Gasteiger partial charge in [-0.25, -0.2) is 4.79 Å². The molecular formula is C18H24N4O. The molecule has 1 aromatic carbocycles. The van der Waals surface area contributed by atoms with Crippen LogP contribution >= 0.6 is 0 Å². The molecule has 2 rings (SSSR count). The molecular weight excluding hydrogens is 288 g/mol. The second-order valence-electron chi connectivity index (χ2n) is 5.73. The molecule has 1 aromatic heterocycles. The molecule has 5 nitrogen and oxygen atoms in total. The van der Waals surface area contributed by atoms with Crippen LogP contribution in [0.5, 0.6) is 0 Å². The van der Waals surface area contributed by atoms with Gasteiger partial charge in [-0.05, 0) is 31.3 Å². The molecule has 0 saturated heterocycles. The number of urea groups is 1. The van der Waals surface area contributed by atoms with Crippen LogP contribution in [0, 0.1) is 0 Å². The van der Waals surface area contributed by atoms with Crippen molar-refractivity contribution < 1.29 is 4.79 Å². The summed E-state index contributed by atoms with van der Waals surface area (Å²) in [7, 11) is 4.02. The van der Waals surface area contributed by atoms with E-state index in [9.17, 15) is 4.79 Å². The monoisotopic (exact) mass is 312 g/mol. The third-order valence-corrected chi connectivity index (χ3v) is 3.49. The first kappa shape index (κ1) is 17.0. The predicted octanol–water partition coefficient (Wildman–Crippen LogP) is 2.36. The van der Waals surface area contributed by atoms with Crippen LogP contribution < -0.4 is 5.32 Å². The highest BCUT2D eigenvalue weighted by Crippen LogP contribution is 2.05. The van der Waals surface area contributed by atoms with E-state index in [2.05, 4.69) is 15.2 Å². The molecule has 1 N–H and O–H groups in total. The highest BCUT2D eigenvalue weighted by Gasteiger charge is 2.13. The number of likely N-dealkylation sites (N-methyl/N-ethyl adjacent to an activating group) is 1. The molecule has 23 heavy (non-hydrogen) atoms. The highest BCUT2D eigenvalue weighted by atomic mass is 16.2. The Morgan fingerprint density at radius 1 is 1.04 bits per heavy atom. The van der Waals surface area contributed by atoms with E-state index < -0.39 is 0 Å². The van der Waals surface area contributed by atoms with Crippen molar-refractivity contribution in [2.75, 3.05) is 27.2 Å². The zero-order valence-corrected chi connectivity index (χ0v) is 13.8. The summed E-state index contributed by atoms with van der Waals surface area (Å²) in [5.41, 5.74) is 2.12. The van der Waals surface area contributed by atoms with E-state index in [1.54, 1.807) is 12.4 Å². The van der Waals surface area contributed by atoms with Crippen LogP contribution in [0.4, 0.5) is 4.79 Å². The molecule has 0 aliphatic heterocycles. The number of aromatic nitrogens is 1. The molecule has 0 saturated carbocycles. The molecule has 1 heterocycles. The lowest BCUT2D eigenvalue weighted by Crippen LogP contribution is -2.42. The molecule has 0 fully saturated rings. The van der Waals surface area contributed by atoms with E-state index in [-0.39, 0.29) is 6.03 Å². The summed E-state index contributed by atoms with van der Waals surface area (Å²) in [6.45, 7) is 2.60. The first-order chi connectivity index (χ1) is 11.1. The lowest BCUT2D eigenvalue weighted by atomic mass is 10.2. The topological polar surface area (TPSA) is 48.5 Å². The number of hydrogen-bond donors (Lipinski definition) is 1. The maximum Gasteiger partial charge on any atom is 0.318 e. The highest BCUT2D eigenvalue weighted by molar-refractivity contribution is 5.74. The van der Waals surface area contributed by atoms with Crippen molar-refractivity contribution in [1.82, 2.24) is 20.1 Å². The Bertz CT molecular complexity index is 586. The number of nitrogens with zero attached hydrogens (tertiary/aromatic N) is 3. The fourth-order valence-corrected chi connectivity index (χ4v) is 2.17. The summed E-state index contributed by atoms with van der Waals surface area (Å²) < 4.78 is 0. The van der Waals surface area contributed by atoms with Crippen LogP contribution in [0.2, 0.25) is 0 Å². The second kappa shape index (κ2) is 8.90. The van der Waals surface area contributed by atoms with Crippen molar-refractivity contribution in [1.29, 1.82) is 0 Å². The molecule has 0 aliphatic carbocycles. The zero-order valence-electron chi connectivity index (χ0n) is 13.8. The average Bonchev–Trinajstić information content (AvgIpc) is 2.58. The van der Waals surface area contributed by atoms with Crippen molar-refractivity contribution in [3.8, 4) is 0 Å². The Hall–Kier alpha value is -2.40. The van der Waals surface area contributed by atoms with Crippen molar-refractivity contribution in [2.45, 2.75) is 13.1 Å². The predicted molar refractivity (Wildman–Crippen MR) is 91.9 cm³/mol. The van der Waals surface area contributed by atoms with Crippen LogP contribution in [0.15, 0.2) is 54.9 Å². The van der Waals surface area contributed by atoms with Crippen LogP contribution in [0.1, 0.15) is 11.1 Å². The minimum atomic E-state index is -0.0560. The number of pyridine rings is 1. The van der Waals surface area contributed by atoms with Gasteiger partial charge in [0.15, 0.2) is 0 Å². The maximum atomic E-state index is 12.5. The zero-order chi connectivity index (χ0) is 16.5. The molecule has 5 heteroatoms. The minimum Gasteiger partial charge on any atom is -0.334 e. The average molecular weight is 312 g/mol. The lowest BCUT2D eigenvalue weighted by Gasteiger charge is -2.25. The molecule has 2 aromatic rings. The molecule has 2 amide bonds. The standard InChI is InChI=1S/C18H24N4O/c1-21(2)11-12-22(15-16-7-4-3-5-8-16)18(23)20-14-17-9-6-10-19-13-17/h3-10,13H,11-12,14-15H2,1-2H3,(H,20,23). The molecule has 0 atom stereocenters. The van der Waals surface area contributed by atoms with E-state index in [1.807, 2.05) is 61.5 Å². The van der Waals surface area contributed by atoms with Crippen molar-refractivity contribution in [3.05, 3.63) is 66.0 Å². The SMILES string of the molecule is CN(C)CCN(Cc1ccccc1)C(=O)NCc1cccnc1. The third-order valence-electron chi connectivity index (χ3n) is 3.49. The van der Waals surface area contributed by atoms with Crippen molar-refractivity contribution in [2.24, 2.45) is 0 Å². The van der Waals surface area contributed by atoms with Gasteiger partial charge < -0.3 is 15.1 Å². The van der Waals surface area contributed by atoms with Crippen molar-refractivity contribution in [3.63, 3.8) is 0 Å². The number of carbonyl (C=O) groups excluding carboxylic acids is 1. The number of rotatable bonds is 7. The third kappa shape index (κ3) is 6.08. The number of amides is 2. The molecule has 0 aliphatic rings. The van der Waals surface area contributed by atoms with Gasteiger partial charge in [-0.3, -0.25) is 4.98 Å². The van der Waals surface area contributed by atoms with Gasteiger partial charge in [0, 0.05) is 38.6 Å².